The van der Waals surface area contributed by atoms with Crippen LogP contribution in [0.3, 0.4) is 0 Å². The Hall–Kier alpha value is -0.360. The first kappa shape index (κ1) is 9.84. The normalized spacial score (nSPS) is 16.2. The summed E-state index contributed by atoms with van der Waals surface area (Å²) >= 11 is 8.45. The molecule has 0 spiro atoms. The molecule has 0 atom stereocenters. The van der Waals surface area contributed by atoms with Crippen molar-refractivity contribution in [1.29, 1.82) is 0 Å². The van der Waals surface area contributed by atoms with Crippen LogP contribution in [0.2, 0.25) is 5.15 Å². The maximum Gasteiger partial charge on any atom is 0.170 e. The van der Waals surface area contributed by atoms with Crippen LogP contribution in [0, 0.1) is 10.5 Å². The fourth-order valence-electron chi connectivity index (χ4n) is 1.67. The number of nitrogens with zero attached hydrogens (tertiary/aromatic N) is 3. The van der Waals surface area contributed by atoms with Crippen LogP contribution in [0.4, 0.5) is 0 Å². The van der Waals surface area contributed by atoms with Gasteiger partial charge in [-0.15, -0.1) is 0 Å². The summed E-state index contributed by atoms with van der Waals surface area (Å²) < 4.78 is 2.81. The van der Waals surface area contributed by atoms with E-state index in [0.717, 1.165) is 20.6 Å². The highest BCUT2D eigenvalue weighted by Crippen LogP contribution is 2.40. The molecule has 0 amide bonds. The average Bonchev–Trinajstić information content (AvgIpc) is 2.99. The molecule has 2 aromatic heterocycles. The van der Waals surface area contributed by atoms with Gasteiger partial charge >= 0.3 is 0 Å². The average molecular weight is 334 g/mol. The fourth-order valence-corrected chi connectivity index (χ4v) is 2.35. The van der Waals surface area contributed by atoms with Crippen LogP contribution in [-0.4, -0.2) is 14.6 Å². The lowest BCUT2D eigenvalue weighted by molar-refractivity contribution is 0.894. The largest absolute Gasteiger partial charge is 0.232 e. The number of aromatic nitrogens is 3. The smallest absolute Gasteiger partial charge is 0.170 e. The van der Waals surface area contributed by atoms with Crippen molar-refractivity contribution in [2.75, 3.05) is 0 Å². The summed E-state index contributed by atoms with van der Waals surface area (Å²) in [5, 5.41) is 5.01. The molecule has 15 heavy (non-hydrogen) atoms. The predicted molar refractivity (Wildman–Crippen MR) is 67.4 cm³/mol. The van der Waals surface area contributed by atoms with Gasteiger partial charge < -0.3 is 0 Å². The minimum atomic E-state index is 0.624. The van der Waals surface area contributed by atoms with Crippen molar-refractivity contribution in [2.45, 2.75) is 25.7 Å². The van der Waals surface area contributed by atoms with Crippen molar-refractivity contribution < 1.29 is 0 Å². The highest BCUT2D eigenvalue weighted by atomic mass is 127. The molecule has 0 radical (unpaired) electrons. The van der Waals surface area contributed by atoms with Crippen molar-refractivity contribution in [3.63, 3.8) is 0 Å². The molecule has 0 bridgehead atoms. The van der Waals surface area contributed by atoms with Crippen LogP contribution in [0.5, 0.6) is 0 Å². The lowest BCUT2D eigenvalue weighted by Crippen LogP contribution is -1.96. The molecule has 1 aliphatic rings. The number of fused-ring (bicyclic) bond motifs is 1. The van der Waals surface area contributed by atoms with Crippen LogP contribution in [0.15, 0.2) is 6.07 Å². The maximum absolute atomic E-state index is 6.18. The topological polar surface area (TPSA) is 30.2 Å². The van der Waals surface area contributed by atoms with Gasteiger partial charge in [-0.05, 0) is 48.4 Å². The van der Waals surface area contributed by atoms with Crippen LogP contribution >= 0.6 is 34.2 Å². The van der Waals surface area contributed by atoms with Crippen molar-refractivity contribution >= 4 is 39.8 Å². The summed E-state index contributed by atoms with van der Waals surface area (Å²) in [6.45, 7) is 1.98. The molecule has 2 heterocycles. The Morgan fingerprint density at radius 2 is 2.27 bits per heavy atom. The third-order valence-electron chi connectivity index (χ3n) is 2.66. The minimum absolute atomic E-state index is 0.624. The summed E-state index contributed by atoms with van der Waals surface area (Å²) in [6.07, 6.45) is 2.48. The number of rotatable bonds is 1. The molecule has 0 saturated heterocycles. The molecule has 2 aromatic rings. The van der Waals surface area contributed by atoms with Gasteiger partial charge in [-0.1, -0.05) is 11.6 Å². The monoisotopic (exact) mass is 333 g/mol. The van der Waals surface area contributed by atoms with Crippen molar-refractivity contribution in [3.8, 4) is 0 Å². The Bertz CT molecular complexity index is 545. The Labute approximate surface area is 106 Å². The van der Waals surface area contributed by atoms with E-state index in [4.69, 9.17) is 11.6 Å². The van der Waals surface area contributed by atoms with Crippen molar-refractivity contribution in [3.05, 3.63) is 26.2 Å². The molecule has 0 aliphatic heterocycles. The quantitative estimate of drug-likeness (QED) is 0.593. The van der Waals surface area contributed by atoms with Crippen LogP contribution in [0.1, 0.15) is 30.1 Å². The minimum Gasteiger partial charge on any atom is -0.232 e. The summed E-state index contributed by atoms with van der Waals surface area (Å²) in [7, 11) is 0. The van der Waals surface area contributed by atoms with E-state index < -0.39 is 0 Å². The van der Waals surface area contributed by atoms with Crippen LogP contribution in [0.25, 0.3) is 5.65 Å². The first-order valence-electron chi connectivity index (χ1n) is 4.88. The molecule has 1 aliphatic carbocycles. The van der Waals surface area contributed by atoms with Gasteiger partial charge in [-0.25, -0.2) is 9.50 Å². The molecule has 1 saturated carbocycles. The zero-order valence-corrected chi connectivity index (χ0v) is 11.1. The second-order valence-corrected chi connectivity index (χ2v) is 5.38. The summed E-state index contributed by atoms with van der Waals surface area (Å²) in [5.41, 5.74) is 2.99. The first-order valence-corrected chi connectivity index (χ1v) is 6.34. The molecule has 0 aromatic carbocycles. The highest BCUT2D eigenvalue weighted by Gasteiger charge is 2.26. The number of hydrogen-bond donors (Lipinski definition) is 0. The molecule has 0 N–H and O–H groups in total. The SMILES string of the molecule is Cc1nn2c(Cl)cc(C3CC3)nc2c1I. The second-order valence-electron chi connectivity index (χ2n) is 3.91. The summed E-state index contributed by atoms with van der Waals surface area (Å²) in [4.78, 5) is 4.63. The van der Waals surface area contributed by atoms with Gasteiger partial charge in [0, 0.05) is 11.6 Å². The number of halogens is 2. The summed E-state index contributed by atoms with van der Waals surface area (Å²) in [5.74, 6) is 0.624. The molecule has 3 nitrogen and oxygen atoms in total. The van der Waals surface area contributed by atoms with Crippen molar-refractivity contribution in [2.24, 2.45) is 0 Å². The zero-order chi connectivity index (χ0) is 10.6. The molecule has 5 heteroatoms. The number of hydrogen-bond acceptors (Lipinski definition) is 2. The van der Waals surface area contributed by atoms with E-state index in [9.17, 15) is 0 Å². The van der Waals surface area contributed by atoms with E-state index in [-0.39, 0.29) is 0 Å². The van der Waals surface area contributed by atoms with Gasteiger partial charge in [0.25, 0.3) is 0 Å². The molecular formula is C10H9ClIN3. The fraction of sp³-hybridized carbons (Fsp3) is 0.400. The van der Waals surface area contributed by atoms with Gasteiger partial charge in [-0.2, -0.15) is 5.10 Å². The van der Waals surface area contributed by atoms with Crippen LogP contribution < -0.4 is 0 Å². The van der Waals surface area contributed by atoms with Gasteiger partial charge in [0.2, 0.25) is 0 Å². The summed E-state index contributed by atoms with van der Waals surface area (Å²) in [6, 6.07) is 1.94. The lowest BCUT2D eigenvalue weighted by Gasteiger charge is -2.01. The van der Waals surface area contributed by atoms with Gasteiger partial charge in [0.1, 0.15) is 5.15 Å². The molecule has 3 rings (SSSR count). The van der Waals surface area contributed by atoms with Gasteiger partial charge in [0.05, 0.1) is 9.26 Å². The van der Waals surface area contributed by atoms with E-state index in [1.807, 2.05) is 13.0 Å². The standard InChI is InChI=1S/C10H9ClIN3/c1-5-9(12)10-13-7(6-2-3-6)4-8(11)15(10)14-5/h4,6H,2-3H2,1H3. The molecular weight excluding hydrogens is 324 g/mol. The molecule has 1 fully saturated rings. The van der Waals surface area contributed by atoms with E-state index in [0.29, 0.717) is 11.1 Å². The van der Waals surface area contributed by atoms with E-state index in [1.54, 1.807) is 4.52 Å². The van der Waals surface area contributed by atoms with Crippen LogP contribution in [-0.2, 0) is 0 Å². The third-order valence-corrected chi connectivity index (χ3v) is 4.20. The lowest BCUT2D eigenvalue weighted by atomic mass is 10.3. The van der Waals surface area contributed by atoms with Gasteiger partial charge in [-0.3, -0.25) is 0 Å². The number of aryl methyl sites for hydroxylation is 1. The predicted octanol–water partition coefficient (Wildman–Crippen LogP) is 3.17. The van der Waals surface area contributed by atoms with Gasteiger partial charge in [0.15, 0.2) is 5.65 Å². The maximum atomic E-state index is 6.18. The van der Waals surface area contributed by atoms with E-state index in [1.165, 1.54) is 12.8 Å². The Morgan fingerprint density at radius 3 is 2.93 bits per heavy atom. The third kappa shape index (κ3) is 1.54. The Morgan fingerprint density at radius 1 is 1.53 bits per heavy atom. The second kappa shape index (κ2) is 3.31. The molecule has 78 valence electrons. The van der Waals surface area contributed by atoms with Crippen molar-refractivity contribution in [1.82, 2.24) is 14.6 Å². The van der Waals surface area contributed by atoms with E-state index in [2.05, 4.69) is 32.7 Å². The Balaban J connectivity index is 2.32. The van der Waals surface area contributed by atoms with E-state index >= 15 is 0 Å². The zero-order valence-electron chi connectivity index (χ0n) is 8.17. The Kier molecular flexibility index (Phi) is 2.17. The highest BCUT2D eigenvalue weighted by molar-refractivity contribution is 14.1. The molecule has 0 unspecified atom stereocenters. The first-order chi connectivity index (χ1) is 7.16.